The summed E-state index contributed by atoms with van der Waals surface area (Å²) in [5.74, 6) is -0.383. The van der Waals surface area contributed by atoms with E-state index in [0.29, 0.717) is 52.4 Å². The number of sulfonamides is 2. The zero-order valence-corrected chi connectivity index (χ0v) is 36.5. The number of halogens is 4. The lowest BCUT2D eigenvalue weighted by Crippen LogP contribution is -2.48. The second kappa shape index (κ2) is 18.2. The highest BCUT2D eigenvalue weighted by Crippen LogP contribution is 2.35. The van der Waals surface area contributed by atoms with E-state index in [0.717, 1.165) is 62.8 Å². The maximum atomic E-state index is 13.3. The number of aromatic nitrogens is 2. The monoisotopic (exact) mass is 918 g/mol. The number of piperazine rings is 2. The SMILES string of the molecule is COc1ccccc1-c1csc(N2CCN(S(=O)(=O)c3ccc(F)cc3Cl)CC2)n1.Cc1cccc(-c2csc(N3CCN(S(=O)(=O)c4ccc(F)cc4Cl)CC3)n2)c1. The van der Waals surface area contributed by atoms with E-state index in [9.17, 15) is 25.6 Å². The normalized spacial score (nSPS) is 15.5. The Balaban J connectivity index is 0.000000179. The van der Waals surface area contributed by atoms with Gasteiger partial charge in [-0.25, -0.2) is 35.6 Å². The van der Waals surface area contributed by atoms with Crippen LogP contribution < -0.4 is 14.5 Å². The summed E-state index contributed by atoms with van der Waals surface area (Å²) in [6.45, 7) is 5.30. The second-order valence-electron chi connectivity index (χ2n) is 13.5. The molecule has 0 saturated carbocycles. The minimum Gasteiger partial charge on any atom is -0.496 e. The third-order valence-electron chi connectivity index (χ3n) is 9.72. The van der Waals surface area contributed by atoms with Crippen LogP contribution in [-0.2, 0) is 20.0 Å². The summed E-state index contributed by atoms with van der Waals surface area (Å²) in [7, 11) is -5.93. The van der Waals surface area contributed by atoms with Crippen LogP contribution in [-0.4, -0.2) is 94.9 Å². The lowest BCUT2D eigenvalue weighted by atomic mass is 10.1. The summed E-state index contributed by atoms with van der Waals surface area (Å²) >= 11 is 15.0. The number of ether oxygens (including phenoxy) is 1. The third kappa shape index (κ3) is 9.57. The Hall–Kier alpha value is -4.20. The first-order valence-corrected chi connectivity index (χ1v) is 23.7. The van der Waals surface area contributed by atoms with Crippen LogP contribution in [0, 0.1) is 18.6 Å². The van der Waals surface area contributed by atoms with Crippen LogP contribution in [0.15, 0.2) is 105 Å². The number of aryl methyl sites for hydroxylation is 1. The highest BCUT2D eigenvalue weighted by molar-refractivity contribution is 7.89. The zero-order chi connectivity index (χ0) is 41.9. The number of hydrogen-bond acceptors (Lipinski definition) is 11. The molecule has 59 heavy (non-hydrogen) atoms. The van der Waals surface area contributed by atoms with E-state index in [4.69, 9.17) is 37.9 Å². The Morgan fingerprint density at radius 3 is 1.61 bits per heavy atom. The maximum Gasteiger partial charge on any atom is 0.244 e. The summed E-state index contributed by atoms with van der Waals surface area (Å²) in [4.78, 5) is 13.4. The number of nitrogens with zero attached hydrogens (tertiary/aromatic N) is 6. The van der Waals surface area contributed by atoms with Crippen molar-refractivity contribution in [2.45, 2.75) is 16.7 Å². The first kappa shape index (κ1) is 42.9. The molecule has 2 aliphatic rings. The van der Waals surface area contributed by atoms with Gasteiger partial charge in [-0.3, -0.25) is 0 Å². The molecule has 11 nitrogen and oxygen atoms in total. The highest BCUT2D eigenvalue weighted by atomic mass is 35.5. The van der Waals surface area contributed by atoms with Gasteiger partial charge in [-0.15, -0.1) is 22.7 Å². The molecule has 0 amide bonds. The van der Waals surface area contributed by atoms with Crippen LogP contribution in [0.3, 0.4) is 0 Å². The lowest BCUT2D eigenvalue weighted by molar-refractivity contribution is 0.384. The fourth-order valence-corrected chi connectivity index (χ4v) is 12.2. The van der Waals surface area contributed by atoms with E-state index in [1.54, 1.807) is 18.4 Å². The van der Waals surface area contributed by atoms with E-state index >= 15 is 0 Å². The van der Waals surface area contributed by atoms with Crippen LogP contribution in [0.5, 0.6) is 5.75 Å². The fourth-order valence-electron chi connectivity index (χ4n) is 6.62. The number of rotatable bonds is 9. The van der Waals surface area contributed by atoms with Crippen molar-refractivity contribution in [1.29, 1.82) is 0 Å². The topological polar surface area (TPSA) is 116 Å². The summed E-state index contributed by atoms with van der Waals surface area (Å²) in [5.41, 5.74) is 4.90. The molecule has 19 heteroatoms. The van der Waals surface area contributed by atoms with Crippen LogP contribution >= 0.6 is 45.9 Å². The van der Waals surface area contributed by atoms with Crippen LogP contribution in [0.4, 0.5) is 19.0 Å². The van der Waals surface area contributed by atoms with Gasteiger partial charge in [0.2, 0.25) is 20.0 Å². The van der Waals surface area contributed by atoms with Crippen molar-refractivity contribution in [2.75, 3.05) is 69.3 Å². The van der Waals surface area contributed by atoms with Gasteiger partial charge in [-0.2, -0.15) is 8.61 Å². The van der Waals surface area contributed by atoms with Crippen molar-refractivity contribution in [3.8, 4) is 28.3 Å². The van der Waals surface area contributed by atoms with Crippen molar-refractivity contribution in [1.82, 2.24) is 18.6 Å². The van der Waals surface area contributed by atoms with E-state index in [1.807, 2.05) is 60.1 Å². The van der Waals surface area contributed by atoms with Crippen molar-refractivity contribution in [2.24, 2.45) is 0 Å². The fraction of sp³-hybridized carbons (Fsp3) is 0.250. The Morgan fingerprint density at radius 1 is 0.627 bits per heavy atom. The summed E-state index contributed by atoms with van der Waals surface area (Å²) in [5, 5.41) is 5.47. The Morgan fingerprint density at radius 2 is 1.12 bits per heavy atom. The molecule has 8 rings (SSSR count). The molecule has 0 unspecified atom stereocenters. The van der Waals surface area contributed by atoms with Crippen molar-refractivity contribution in [3.63, 3.8) is 0 Å². The molecule has 4 heterocycles. The van der Waals surface area contributed by atoms with E-state index in [1.165, 1.54) is 37.6 Å². The first-order chi connectivity index (χ1) is 28.2. The van der Waals surface area contributed by atoms with Gasteiger partial charge in [0.25, 0.3) is 0 Å². The molecule has 310 valence electrons. The molecular weight excluding hydrogens is 882 g/mol. The average Bonchev–Trinajstić information content (AvgIpc) is 3.93. The lowest BCUT2D eigenvalue weighted by Gasteiger charge is -2.33. The molecule has 6 aromatic rings. The molecule has 2 aromatic heterocycles. The van der Waals surface area contributed by atoms with E-state index < -0.39 is 31.7 Å². The minimum atomic E-state index is -3.79. The van der Waals surface area contributed by atoms with Gasteiger partial charge in [-0.1, -0.05) is 59.1 Å². The summed E-state index contributed by atoms with van der Waals surface area (Å²) in [6, 6.07) is 22.5. The molecule has 0 aliphatic carbocycles. The smallest absolute Gasteiger partial charge is 0.244 e. The van der Waals surface area contributed by atoms with Crippen molar-refractivity contribution >= 4 is 76.2 Å². The number of thiazole rings is 2. The summed E-state index contributed by atoms with van der Waals surface area (Å²) in [6.07, 6.45) is 0. The van der Waals surface area contributed by atoms with Crippen LogP contribution in [0.1, 0.15) is 5.56 Å². The number of methoxy groups -OCH3 is 1. The molecule has 0 bridgehead atoms. The molecule has 0 radical (unpaired) electrons. The van der Waals surface area contributed by atoms with Crippen molar-refractivity contribution in [3.05, 3.63) is 123 Å². The molecule has 2 aliphatic heterocycles. The largest absolute Gasteiger partial charge is 0.496 e. The zero-order valence-electron chi connectivity index (χ0n) is 31.8. The number of anilines is 2. The molecule has 4 aromatic carbocycles. The van der Waals surface area contributed by atoms with Crippen molar-refractivity contribution < 1.29 is 30.4 Å². The number of para-hydroxylation sites is 1. The van der Waals surface area contributed by atoms with Gasteiger partial charge in [0.15, 0.2) is 10.3 Å². The predicted molar refractivity (Wildman–Crippen MR) is 231 cm³/mol. The first-order valence-electron chi connectivity index (χ1n) is 18.3. The predicted octanol–water partition coefficient (Wildman–Crippen LogP) is 8.54. The number of hydrogen-bond donors (Lipinski definition) is 0. The second-order valence-corrected chi connectivity index (χ2v) is 19.8. The van der Waals surface area contributed by atoms with Gasteiger partial charge in [-0.05, 0) is 61.5 Å². The van der Waals surface area contributed by atoms with Gasteiger partial charge >= 0.3 is 0 Å². The van der Waals surface area contributed by atoms with Gasteiger partial charge in [0.1, 0.15) is 27.2 Å². The molecule has 0 atom stereocenters. The Bertz CT molecular complexity index is 2670. The summed E-state index contributed by atoms with van der Waals surface area (Å²) < 4.78 is 86.2. The molecule has 2 saturated heterocycles. The molecule has 0 N–H and O–H groups in total. The molecule has 2 fully saturated rings. The molecule has 0 spiro atoms. The van der Waals surface area contributed by atoms with Crippen LogP contribution in [0.25, 0.3) is 22.5 Å². The third-order valence-corrected chi connectivity index (χ3v) is 16.3. The standard InChI is InChI=1S/C20H19ClFN3O3S2.C20H19ClFN3O2S2/c1-28-18-5-3-2-4-15(18)17-13-29-20(23-17)24-8-10-25(11-9-24)30(26,27)19-7-6-14(22)12-16(19)21;1-14-3-2-4-15(11-14)18-13-28-20(23-18)24-7-9-25(10-8-24)29(26,27)19-6-5-16(22)12-17(19)21/h2-7,12-13H,8-11H2,1H3;2-6,11-13H,7-10H2,1H3. The van der Waals surface area contributed by atoms with Gasteiger partial charge in [0.05, 0.1) is 28.5 Å². The Labute approximate surface area is 360 Å². The molecular formula is C40H38Cl2F2N6O5S4. The quantitative estimate of drug-likeness (QED) is 0.141. The number of benzene rings is 4. The van der Waals surface area contributed by atoms with Gasteiger partial charge < -0.3 is 14.5 Å². The Kier molecular flexibility index (Phi) is 13.2. The maximum absolute atomic E-state index is 13.3. The van der Waals surface area contributed by atoms with Crippen LogP contribution in [0.2, 0.25) is 10.0 Å². The minimum absolute atomic E-state index is 0.0648. The van der Waals surface area contributed by atoms with Gasteiger partial charge in [0, 0.05) is 74.2 Å². The van der Waals surface area contributed by atoms with E-state index in [-0.39, 0.29) is 19.8 Å². The van der Waals surface area contributed by atoms with E-state index in [2.05, 4.69) is 15.9 Å². The highest BCUT2D eigenvalue weighted by Gasteiger charge is 2.32. The average molecular weight is 920 g/mol.